The molecule has 13 nitrogen and oxygen atoms in total. The summed E-state index contributed by atoms with van der Waals surface area (Å²) < 4.78 is 3.56. The van der Waals surface area contributed by atoms with Gasteiger partial charge in [0.1, 0.15) is 11.4 Å². The van der Waals surface area contributed by atoms with Gasteiger partial charge in [-0.25, -0.2) is 19.0 Å². The summed E-state index contributed by atoms with van der Waals surface area (Å²) in [5.41, 5.74) is 9.80. The second-order valence-corrected chi connectivity index (χ2v) is 9.98. The smallest absolute Gasteiger partial charge is 0.178 e. The molecule has 0 saturated carbocycles. The van der Waals surface area contributed by atoms with Gasteiger partial charge in [0, 0.05) is 38.6 Å². The first-order valence-electron chi connectivity index (χ1n) is 13.0. The molecule has 0 atom stereocenters. The fourth-order valence-electron chi connectivity index (χ4n) is 4.18. The molecule has 4 aromatic heterocycles. The second-order valence-electron chi connectivity index (χ2n) is 9.98. The molecule has 208 valence electrons. The summed E-state index contributed by atoms with van der Waals surface area (Å²) in [4.78, 5) is 13.7. The number of fused-ring (bicyclic) bond motifs is 2. The van der Waals surface area contributed by atoms with Crippen LogP contribution in [0, 0.1) is 5.41 Å². The van der Waals surface area contributed by atoms with Gasteiger partial charge in [0.05, 0.1) is 22.4 Å². The molecule has 13 heteroatoms. The third-order valence-corrected chi connectivity index (χ3v) is 6.25. The number of aliphatic imine (C=N–C) groups is 2. The Bertz CT molecular complexity index is 1620. The van der Waals surface area contributed by atoms with Crippen LogP contribution in [0.3, 0.4) is 0 Å². The zero-order chi connectivity index (χ0) is 28.2. The zero-order valence-electron chi connectivity index (χ0n) is 23.2. The molecule has 0 spiro atoms. The van der Waals surface area contributed by atoms with Crippen LogP contribution in [-0.4, -0.2) is 101 Å². The number of pyridine rings is 2. The molecular weight excluding hydrogens is 506 g/mol. The molecule has 0 amide bonds. The number of rotatable bonds is 10. The Hall–Kier alpha value is -4.75. The summed E-state index contributed by atoms with van der Waals surface area (Å²) in [6.45, 7) is 3.07. The lowest BCUT2D eigenvalue weighted by molar-refractivity contribution is 0.425. The highest BCUT2D eigenvalue weighted by Crippen LogP contribution is 2.31. The first kappa shape index (κ1) is 26.8. The normalized spacial score (nSPS) is 14.8. The maximum atomic E-state index is 8.60. The van der Waals surface area contributed by atoms with Gasteiger partial charge >= 0.3 is 0 Å². The van der Waals surface area contributed by atoms with E-state index in [1.54, 1.807) is 15.1 Å². The van der Waals surface area contributed by atoms with Crippen LogP contribution in [-0.2, 0) is 0 Å². The summed E-state index contributed by atoms with van der Waals surface area (Å²) >= 11 is 0. The molecule has 1 aliphatic heterocycles. The van der Waals surface area contributed by atoms with Crippen molar-refractivity contribution in [1.82, 2.24) is 29.0 Å². The number of likely N-dealkylation sites (N-methyl/N-ethyl adjacent to an activating group) is 2. The number of anilines is 3. The topological polar surface area (TPSA) is 152 Å². The van der Waals surface area contributed by atoms with Crippen LogP contribution < -0.4 is 21.7 Å². The van der Waals surface area contributed by atoms with E-state index >= 15 is 0 Å². The molecular formula is C27H35N13. The summed E-state index contributed by atoms with van der Waals surface area (Å²) in [7, 11) is 8.08. The largest absolute Gasteiger partial charge is 0.396 e. The molecule has 0 radical (unpaired) electrons. The third kappa shape index (κ3) is 5.80. The minimum atomic E-state index is 0.148. The Labute approximate surface area is 232 Å². The highest BCUT2D eigenvalue weighted by molar-refractivity contribution is 6.52. The van der Waals surface area contributed by atoms with Gasteiger partial charge in [-0.3, -0.25) is 5.41 Å². The zero-order valence-corrected chi connectivity index (χ0v) is 23.2. The summed E-state index contributed by atoms with van der Waals surface area (Å²) in [6, 6.07) is 11.6. The molecule has 0 saturated heterocycles. The molecule has 5 heterocycles. The quantitative estimate of drug-likeness (QED) is 0.205. The molecule has 40 heavy (non-hydrogen) atoms. The van der Waals surface area contributed by atoms with Gasteiger partial charge in [0.2, 0.25) is 0 Å². The molecule has 0 aromatic carbocycles. The first-order chi connectivity index (χ1) is 19.3. The minimum Gasteiger partial charge on any atom is -0.396 e. The number of amidine groups is 2. The van der Waals surface area contributed by atoms with E-state index in [4.69, 9.17) is 21.1 Å². The van der Waals surface area contributed by atoms with Gasteiger partial charge in [-0.15, -0.1) is 10.2 Å². The lowest BCUT2D eigenvalue weighted by atomic mass is 10.2. The van der Waals surface area contributed by atoms with Gasteiger partial charge in [-0.1, -0.05) is 12.1 Å². The average molecular weight is 542 g/mol. The number of hydrogen-bond acceptors (Lipinski definition) is 10. The lowest BCUT2D eigenvalue weighted by Crippen LogP contribution is -2.30. The predicted octanol–water partition coefficient (Wildman–Crippen LogP) is 2.35. The van der Waals surface area contributed by atoms with Gasteiger partial charge < -0.3 is 31.5 Å². The Morgan fingerprint density at radius 2 is 1.48 bits per heavy atom. The average Bonchev–Trinajstić information content (AvgIpc) is 3.44. The SMILES string of the molecule is CN(C)CCNc1nn2ccccc2c1N=C1N=C(Nc2c(NCCN(C)C)nn3ccccc23)C(=N)C=C1N. The fraction of sp³-hybridized carbons (Fsp3) is 0.296. The maximum absolute atomic E-state index is 8.60. The van der Waals surface area contributed by atoms with Crippen molar-refractivity contribution in [1.29, 1.82) is 5.41 Å². The molecule has 5 rings (SSSR count). The molecule has 0 aliphatic carbocycles. The van der Waals surface area contributed by atoms with E-state index in [9.17, 15) is 0 Å². The number of dihydropyridines is 1. The van der Waals surface area contributed by atoms with Gasteiger partial charge in [0.15, 0.2) is 23.3 Å². The van der Waals surface area contributed by atoms with Crippen molar-refractivity contribution in [3.8, 4) is 0 Å². The van der Waals surface area contributed by atoms with Crippen molar-refractivity contribution in [3.63, 3.8) is 0 Å². The van der Waals surface area contributed by atoms with E-state index in [-0.39, 0.29) is 5.71 Å². The van der Waals surface area contributed by atoms with Crippen molar-refractivity contribution in [2.75, 3.05) is 70.3 Å². The van der Waals surface area contributed by atoms with Crippen LogP contribution in [0.2, 0.25) is 0 Å². The van der Waals surface area contributed by atoms with Crippen LogP contribution in [0.4, 0.5) is 23.0 Å². The molecule has 1 aliphatic rings. The van der Waals surface area contributed by atoms with Gasteiger partial charge in [0.25, 0.3) is 0 Å². The molecule has 0 fully saturated rings. The van der Waals surface area contributed by atoms with Crippen molar-refractivity contribution in [3.05, 3.63) is 60.6 Å². The van der Waals surface area contributed by atoms with Crippen LogP contribution >= 0.6 is 0 Å². The summed E-state index contributed by atoms with van der Waals surface area (Å²) in [5, 5.41) is 28.1. The van der Waals surface area contributed by atoms with E-state index < -0.39 is 0 Å². The summed E-state index contributed by atoms with van der Waals surface area (Å²) in [6.07, 6.45) is 5.31. The minimum absolute atomic E-state index is 0.148. The van der Waals surface area contributed by atoms with E-state index in [1.165, 1.54) is 0 Å². The predicted molar refractivity (Wildman–Crippen MR) is 163 cm³/mol. The van der Waals surface area contributed by atoms with E-state index in [0.717, 1.165) is 29.8 Å². The van der Waals surface area contributed by atoms with Crippen molar-refractivity contribution in [2.24, 2.45) is 15.7 Å². The second kappa shape index (κ2) is 11.6. The molecule has 4 aromatic rings. The number of aromatic nitrogens is 4. The Morgan fingerprint density at radius 1 is 0.875 bits per heavy atom. The van der Waals surface area contributed by atoms with Gasteiger partial charge in [-0.05, 0) is 58.5 Å². The Morgan fingerprint density at radius 3 is 2.15 bits per heavy atom. The third-order valence-electron chi connectivity index (χ3n) is 6.25. The number of hydrogen-bond donors (Lipinski definition) is 5. The highest BCUT2D eigenvalue weighted by atomic mass is 15.3. The van der Waals surface area contributed by atoms with Gasteiger partial charge in [-0.2, -0.15) is 0 Å². The van der Waals surface area contributed by atoms with Crippen LogP contribution in [0.15, 0.2) is 70.5 Å². The lowest BCUT2D eigenvalue weighted by Gasteiger charge is -2.16. The van der Waals surface area contributed by atoms with E-state index in [1.807, 2.05) is 77.0 Å². The molecule has 0 unspecified atom stereocenters. The first-order valence-corrected chi connectivity index (χ1v) is 13.0. The Balaban J connectivity index is 1.51. The van der Waals surface area contributed by atoms with Crippen molar-refractivity contribution in [2.45, 2.75) is 0 Å². The number of nitrogens with zero attached hydrogens (tertiary/aromatic N) is 8. The summed E-state index contributed by atoms with van der Waals surface area (Å²) in [5.74, 6) is 1.92. The van der Waals surface area contributed by atoms with E-state index in [0.29, 0.717) is 47.8 Å². The monoisotopic (exact) mass is 541 g/mol. The standard InChI is InChI=1S/C27H35N13/c1-37(2)15-11-30-26-22(20-9-5-7-13-39(20)35-26)32-24-18(28)17-19(29)25(34-24)33-23-21-10-6-8-14-40(21)36-27(23)31-12-16-38(3)4/h5-10,13-14,17,28H,11-12,15-16,29H2,1-4H3,(H,30,35)(H,31,36)(H,32,33,34). The van der Waals surface area contributed by atoms with E-state index in [2.05, 4.69) is 35.9 Å². The van der Waals surface area contributed by atoms with Crippen LogP contribution in [0.5, 0.6) is 0 Å². The number of nitrogens with one attached hydrogen (secondary N) is 4. The fourth-order valence-corrected chi connectivity index (χ4v) is 4.18. The highest BCUT2D eigenvalue weighted by Gasteiger charge is 2.22. The number of nitrogens with two attached hydrogens (primary N) is 1. The van der Waals surface area contributed by atoms with Crippen molar-refractivity contribution >= 4 is 51.4 Å². The molecule has 6 N–H and O–H groups in total. The Kier molecular flexibility index (Phi) is 7.75. The molecule has 0 bridgehead atoms. The maximum Gasteiger partial charge on any atom is 0.178 e. The van der Waals surface area contributed by atoms with Crippen LogP contribution in [0.1, 0.15) is 0 Å². The van der Waals surface area contributed by atoms with Crippen LogP contribution in [0.25, 0.3) is 11.0 Å². The van der Waals surface area contributed by atoms with Crippen molar-refractivity contribution < 1.29 is 0 Å².